The van der Waals surface area contributed by atoms with Crippen molar-refractivity contribution in [3.05, 3.63) is 23.6 Å². The van der Waals surface area contributed by atoms with Crippen LogP contribution in [0.3, 0.4) is 0 Å². The Morgan fingerprint density at radius 3 is 2.94 bits per heavy atom. The fourth-order valence-corrected chi connectivity index (χ4v) is 1.84. The molecule has 0 aliphatic carbocycles. The predicted octanol–water partition coefficient (Wildman–Crippen LogP) is 0.00470. The molecule has 1 aromatic rings. The number of hydrazine groups is 1. The number of nitrogens with one attached hydrogen (secondary N) is 2. The first kappa shape index (κ1) is 14.5. The summed E-state index contributed by atoms with van der Waals surface area (Å²) in [6.07, 6.45) is 3.45. The van der Waals surface area contributed by atoms with E-state index in [0.29, 0.717) is 18.7 Å². The van der Waals surface area contributed by atoms with E-state index >= 15 is 0 Å². The molecule has 1 atom stereocenters. The maximum atomic E-state index is 13.6. The van der Waals surface area contributed by atoms with Crippen LogP contribution in [-0.2, 0) is 10.8 Å². The third kappa shape index (κ3) is 4.04. The summed E-state index contributed by atoms with van der Waals surface area (Å²) < 4.78 is 24.5. The minimum atomic E-state index is -0.896. The lowest BCUT2D eigenvalue weighted by molar-refractivity contribution is 0.0949. The number of nitrogens with two attached hydrogens (primary N) is 1. The summed E-state index contributed by atoms with van der Waals surface area (Å²) in [6, 6.07) is 1.27. The second kappa shape index (κ2) is 7.02. The van der Waals surface area contributed by atoms with Gasteiger partial charge in [-0.15, -0.1) is 0 Å². The van der Waals surface area contributed by atoms with Crippen molar-refractivity contribution in [2.45, 2.75) is 6.42 Å². The molecule has 0 aromatic carbocycles. The number of nitrogens with zero attached hydrogens (tertiary/aromatic N) is 1. The van der Waals surface area contributed by atoms with E-state index in [1.54, 1.807) is 6.26 Å². The zero-order chi connectivity index (χ0) is 13.5. The van der Waals surface area contributed by atoms with E-state index in [1.165, 1.54) is 12.3 Å². The Morgan fingerprint density at radius 1 is 1.61 bits per heavy atom. The van der Waals surface area contributed by atoms with E-state index in [1.807, 2.05) is 0 Å². The van der Waals surface area contributed by atoms with Gasteiger partial charge in [-0.3, -0.25) is 9.00 Å². The minimum Gasteiger partial charge on any atom is -0.352 e. The van der Waals surface area contributed by atoms with Gasteiger partial charge in [0.05, 0.1) is 5.56 Å². The summed E-state index contributed by atoms with van der Waals surface area (Å²) in [5.74, 6) is 4.03. The highest BCUT2D eigenvalue weighted by Crippen LogP contribution is 2.13. The van der Waals surface area contributed by atoms with Gasteiger partial charge in [0.15, 0.2) is 11.6 Å². The maximum Gasteiger partial charge on any atom is 0.254 e. The van der Waals surface area contributed by atoms with Crippen LogP contribution in [0, 0.1) is 5.82 Å². The Labute approximate surface area is 107 Å². The zero-order valence-electron chi connectivity index (χ0n) is 9.90. The molecule has 1 amide bonds. The summed E-state index contributed by atoms with van der Waals surface area (Å²) in [6.45, 7) is 0.339. The van der Waals surface area contributed by atoms with Gasteiger partial charge < -0.3 is 10.7 Å². The first-order valence-corrected chi connectivity index (χ1v) is 6.98. The Bertz CT molecular complexity index is 456. The summed E-state index contributed by atoms with van der Waals surface area (Å²) in [5, 5.41) is 2.54. The molecule has 0 aliphatic heterocycles. The molecule has 1 heterocycles. The van der Waals surface area contributed by atoms with E-state index in [9.17, 15) is 13.4 Å². The molecule has 0 saturated carbocycles. The topological polar surface area (TPSA) is 97.1 Å². The summed E-state index contributed by atoms with van der Waals surface area (Å²) in [7, 11) is -0.896. The summed E-state index contributed by atoms with van der Waals surface area (Å²) >= 11 is 0. The van der Waals surface area contributed by atoms with E-state index in [0.717, 1.165) is 0 Å². The number of anilines is 1. The van der Waals surface area contributed by atoms with Gasteiger partial charge >= 0.3 is 0 Å². The summed E-state index contributed by atoms with van der Waals surface area (Å²) in [5.41, 5.74) is 1.94. The maximum absolute atomic E-state index is 13.6. The van der Waals surface area contributed by atoms with Crippen LogP contribution in [-0.4, -0.2) is 33.7 Å². The lowest BCUT2D eigenvalue weighted by atomic mass is 10.2. The SMILES string of the molecule is CS(=O)CCCNC(=O)c1ccnc(NN)c1F. The van der Waals surface area contributed by atoms with Gasteiger partial charge in [0.1, 0.15) is 0 Å². The number of aromatic nitrogens is 1. The normalized spacial score (nSPS) is 11.9. The lowest BCUT2D eigenvalue weighted by Crippen LogP contribution is -2.27. The van der Waals surface area contributed by atoms with Gasteiger partial charge in [0, 0.05) is 35.5 Å². The molecule has 0 saturated heterocycles. The van der Waals surface area contributed by atoms with E-state index in [4.69, 9.17) is 5.84 Å². The highest BCUT2D eigenvalue weighted by molar-refractivity contribution is 7.84. The van der Waals surface area contributed by atoms with Gasteiger partial charge in [0.2, 0.25) is 0 Å². The lowest BCUT2D eigenvalue weighted by Gasteiger charge is -2.07. The molecule has 0 radical (unpaired) electrons. The van der Waals surface area contributed by atoms with Crippen LogP contribution in [0.5, 0.6) is 0 Å². The van der Waals surface area contributed by atoms with Crippen LogP contribution in [0.15, 0.2) is 12.3 Å². The molecule has 0 fully saturated rings. The van der Waals surface area contributed by atoms with Crippen LogP contribution in [0.2, 0.25) is 0 Å². The largest absolute Gasteiger partial charge is 0.352 e. The van der Waals surface area contributed by atoms with Crippen molar-refractivity contribution in [3.63, 3.8) is 0 Å². The highest BCUT2D eigenvalue weighted by Gasteiger charge is 2.14. The van der Waals surface area contributed by atoms with Crippen LogP contribution >= 0.6 is 0 Å². The third-order valence-corrected chi connectivity index (χ3v) is 3.03. The Morgan fingerprint density at radius 2 is 2.33 bits per heavy atom. The first-order chi connectivity index (χ1) is 8.56. The molecule has 4 N–H and O–H groups in total. The van der Waals surface area contributed by atoms with Crippen molar-refractivity contribution in [1.29, 1.82) is 0 Å². The molecule has 1 unspecified atom stereocenters. The van der Waals surface area contributed by atoms with Crippen molar-refractivity contribution in [1.82, 2.24) is 10.3 Å². The second-order valence-corrected chi connectivity index (χ2v) is 5.11. The monoisotopic (exact) mass is 274 g/mol. The molecular formula is C10H15FN4O2S. The van der Waals surface area contributed by atoms with E-state index in [-0.39, 0.29) is 11.4 Å². The molecule has 1 rings (SSSR count). The number of nitrogen functional groups attached to an aromatic ring is 1. The van der Waals surface area contributed by atoms with Crippen LogP contribution < -0.4 is 16.6 Å². The molecule has 0 bridgehead atoms. The van der Waals surface area contributed by atoms with E-state index < -0.39 is 22.5 Å². The van der Waals surface area contributed by atoms with Gasteiger partial charge in [-0.1, -0.05) is 0 Å². The van der Waals surface area contributed by atoms with Gasteiger partial charge in [0.25, 0.3) is 5.91 Å². The molecule has 0 spiro atoms. The number of pyridine rings is 1. The van der Waals surface area contributed by atoms with Crippen molar-refractivity contribution in [2.75, 3.05) is 24.0 Å². The zero-order valence-corrected chi connectivity index (χ0v) is 10.7. The minimum absolute atomic E-state index is 0.129. The Kier molecular flexibility index (Phi) is 5.66. The van der Waals surface area contributed by atoms with Gasteiger partial charge in [-0.2, -0.15) is 0 Å². The second-order valence-electron chi connectivity index (χ2n) is 3.55. The van der Waals surface area contributed by atoms with Gasteiger partial charge in [-0.05, 0) is 12.5 Å². The molecule has 18 heavy (non-hydrogen) atoms. The summed E-state index contributed by atoms with van der Waals surface area (Å²) in [4.78, 5) is 15.3. The highest BCUT2D eigenvalue weighted by atomic mass is 32.2. The number of hydrogen-bond acceptors (Lipinski definition) is 5. The first-order valence-electron chi connectivity index (χ1n) is 5.25. The molecular weight excluding hydrogens is 259 g/mol. The van der Waals surface area contributed by atoms with Crippen LogP contribution in [0.1, 0.15) is 16.8 Å². The predicted molar refractivity (Wildman–Crippen MR) is 67.9 cm³/mol. The van der Waals surface area contributed by atoms with Crippen LogP contribution in [0.25, 0.3) is 0 Å². The number of carbonyl (C=O) groups is 1. The van der Waals surface area contributed by atoms with E-state index in [2.05, 4.69) is 15.7 Å². The average molecular weight is 274 g/mol. The molecule has 100 valence electrons. The number of halogens is 1. The number of carbonyl (C=O) groups excluding carboxylic acids is 1. The molecule has 0 aliphatic rings. The molecule has 8 heteroatoms. The van der Waals surface area contributed by atoms with Crippen LogP contribution in [0.4, 0.5) is 10.2 Å². The van der Waals surface area contributed by atoms with Crippen molar-refractivity contribution in [2.24, 2.45) is 5.84 Å². The number of rotatable bonds is 6. The Balaban J connectivity index is 2.59. The fourth-order valence-electron chi connectivity index (χ4n) is 1.29. The quantitative estimate of drug-likeness (QED) is 0.385. The average Bonchev–Trinajstić information content (AvgIpc) is 2.34. The Hall–Kier alpha value is -1.54. The smallest absolute Gasteiger partial charge is 0.254 e. The number of amides is 1. The van der Waals surface area contributed by atoms with Crippen molar-refractivity contribution >= 4 is 22.5 Å². The van der Waals surface area contributed by atoms with Crippen molar-refractivity contribution < 1.29 is 13.4 Å². The third-order valence-electron chi connectivity index (χ3n) is 2.16. The standard InChI is InChI=1S/C10H15FN4O2S/c1-18(17)6-2-4-14-10(16)7-3-5-13-9(15-12)8(7)11/h3,5H,2,4,6,12H2,1H3,(H,13,15)(H,14,16). The molecule has 1 aromatic heterocycles. The van der Waals surface area contributed by atoms with Crippen molar-refractivity contribution in [3.8, 4) is 0 Å². The number of hydrogen-bond donors (Lipinski definition) is 3. The fraction of sp³-hybridized carbons (Fsp3) is 0.400. The van der Waals surface area contributed by atoms with Gasteiger partial charge in [-0.25, -0.2) is 15.2 Å². The molecule has 6 nitrogen and oxygen atoms in total.